The first-order chi connectivity index (χ1) is 8.13. The maximum atomic E-state index is 11.5. The highest BCUT2D eigenvalue weighted by Gasteiger charge is 2.22. The third-order valence-electron chi connectivity index (χ3n) is 2.24. The van der Waals surface area contributed by atoms with Crippen molar-refractivity contribution in [3.8, 4) is 5.75 Å². The van der Waals surface area contributed by atoms with Crippen LogP contribution in [0.3, 0.4) is 0 Å². The molecule has 1 aromatic rings. The molecule has 1 atom stereocenters. The molecule has 0 aliphatic carbocycles. The molecule has 1 unspecified atom stereocenters. The van der Waals surface area contributed by atoms with Crippen LogP contribution in [0.15, 0.2) is 23.1 Å². The first kappa shape index (κ1) is 13.9. The molecule has 1 N–H and O–H groups in total. The Labute approximate surface area is 105 Å². The molecular formula is C12H16O4S. The van der Waals surface area contributed by atoms with Gasteiger partial charge in [-0.25, -0.2) is 4.79 Å². The average Bonchev–Trinajstić information content (AvgIpc) is 2.37. The number of esters is 1. The fraction of sp³-hybridized carbons (Fsp3) is 0.417. The average molecular weight is 256 g/mol. The number of aliphatic hydroxyl groups is 1. The van der Waals surface area contributed by atoms with Gasteiger partial charge in [-0.05, 0) is 31.4 Å². The minimum absolute atomic E-state index is 0.237. The predicted octanol–water partition coefficient (Wildman–Crippen LogP) is 2.01. The van der Waals surface area contributed by atoms with Crippen molar-refractivity contribution in [3.05, 3.63) is 23.8 Å². The second-order valence-corrected chi connectivity index (χ2v) is 4.14. The van der Waals surface area contributed by atoms with Gasteiger partial charge in [0.2, 0.25) is 0 Å². The van der Waals surface area contributed by atoms with Gasteiger partial charge in [0.05, 0.1) is 13.7 Å². The summed E-state index contributed by atoms with van der Waals surface area (Å²) < 4.78 is 9.90. The Kier molecular flexibility index (Phi) is 5.31. The zero-order valence-electron chi connectivity index (χ0n) is 10.1. The number of aliphatic hydroxyl groups excluding tert-OH is 1. The highest BCUT2D eigenvalue weighted by Crippen LogP contribution is 2.30. The number of rotatable bonds is 5. The summed E-state index contributed by atoms with van der Waals surface area (Å²) in [7, 11) is 1.50. The van der Waals surface area contributed by atoms with Crippen molar-refractivity contribution in [1.82, 2.24) is 0 Å². The van der Waals surface area contributed by atoms with E-state index in [0.29, 0.717) is 11.3 Å². The van der Waals surface area contributed by atoms with E-state index in [1.165, 1.54) is 18.9 Å². The van der Waals surface area contributed by atoms with Gasteiger partial charge in [-0.15, -0.1) is 11.8 Å². The van der Waals surface area contributed by atoms with Gasteiger partial charge >= 0.3 is 5.97 Å². The highest BCUT2D eigenvalue weighted by atomic mass is 32.2. The largest absolute Gasteiger partial charge is 0.496 e. The number of carbonyl (C=O) groups excluding carboxylic acids is 1. The zero-order valence-corrected chi connectivity index (χ0v) is 10.9. The molecular weight excluding hydrogens is 240 g/mol. The number of hydrogen-bond acceptors (Lipinski definition) is 5. The Morgan fingerprint density at radius 3 is 2.76 bits per heavy atom. The van der Waals surface area contributed by atoms with E-state index in [9.17, 15) is 9.90 Å². The molecule has 0 radical (unpaired) electrons. The van der Waals surface area contributed by atoms with Crippen LogP contribution >= 0.6 is 11.8 Å². The first-order valence-corrected chi connectivity index (χ1v) is 6.43. The highest BCUT2D eigenvalue weighted by molar-refractivity contribution is 7.98. The lowest BCUT2D eigenvalue weighted by molar-refractivity contribution is -0.153. The molecule has 0 aliphatic rings. The monoisotopic (exact) mass is 256 g/mol. The van der Waals surface area contributed by atoms with E-state index in [-0.39, 0.29) is 6.61 Å². The number of thioether (sulfide) groups is 1. The lowest BCUT2D eigenvalue weighted by atomic mass is 10.1. The van der Waals surface area contributed by atoms with Crippen molar-refractivity contribution in [3.63, 3.8) is 0 Å². The number of methoxy groups -OCH3 is 1. The van der Waals surface area contributed by atoms with Gasteiger partial charge in [0, 0.05) is 10.5 Å². The van der Waals surface area contributed by atoms with E-state index in [2.05, 4.69) is 0 Å². The normalized spacial score (nSPS) is 12.0. The standard InChI is InChI=1S/C12H16O4S/c1-4-16-12(14)11(13)9-7-8(17-3)5-6-10(9)15-2/h5-7,11,13H,4H2,1-3H3. The molecule has 0 bridgehead atoms. The second-order valence-electron chi connectivity index (χ2n) is 3.26. The molecule has 0 saturated heterocycles. The van der Waals surface area contributed by atoms with Crippen molar-refractivity contribution < 1.29 is 19.4 Å². The Hall–Kier alpha value is -1.20. The third-order valence-corrected chi connectivity index (χ3v) is 2.97. The maximum absolute atomic E-state index is 11.5. The van der Waals surface area contributed by atoms with E-state index in [4.69, 9.17) is 9.47 Å². The van der Waals surface area contributed by atoms with E-state index in [1.54, 1.807) is 19.1 Å². The first-order valence-electron chi connectivity index (χ1n) is 5.20. The van der Waals surface area contributed by atoms with Crippen LogP contribution in [-0.2, 0) is 9.53 Å². The molecule has 0 aromatic heterocycles. The van der Waals surface area contributed by atoms with Crippen molar-refractivity contribution in [2.75, 3.05) is 20.0 Å². The van der Waals surface area contributed by atoms with Crippen LogP contribution in [0, 0.1) is 0 Å². The summed E-state index contributed by atoms with van der Waals surface area (Å²) in [5.41, 5.74) is 0.429. The lowest BCUT2D eigenvalue weighted by Crippen LogP contribution is -2.16. The van der Waals surface area contributed by atoms with Gasteiger partial charge in [0.1, 0.15) is 5.75 Å². The molecule has 1 aromatic carbocycles. The minimum atomic E-state index is -1.31. The van der Waals surface area contributed by atoms with E-state index in [1.807, 2.05) is 12.3 Å². The topological polar surface area (TPSA) is 55.8 Å². The molecule has 5 heteroatoms. The fourth-order valence-corrected chi connectivity index (χ4v) is 1.85. The summed E-state index contributed by atoms with van der Waals surface area (Å²) in [4.78, 5) is 12.4. The zero-order chi connectivity index (χ0) is 12.8. The maximum Gasteiger partial charge on any atom is 0.339 e. The van der Waals surface area contributed by atoms with Crippen molar-refractivity contribution in [2.45, 2.75) is 17.9 Å². The summed E-state index contributed by atoms with van der Waals surface area (Å²) in [6.07, 6.45) is 0.611. The van der Waals surface area contributed by atoms with E-state index >= 15 is 0 Å². The van der Waals surface area contributed by atoms with Crippen LogP contribution in [0.25, 0.3) is 0 Å². The summed E-state index contributed by atoms with van der Waals surface area (Å²) in [6.45, 7) is 1.93. The van der Waals surface area contributed by atoms with Gasteiger partial charge in [-0.1, -0.05) is 0 Å². The second kappa shape index (κ2) is 6.51. The molecule has 0 heterocycles. The van der Waals surface area contributed by atoms with Gasteiger partial charge < -0.3 is 14.6 Å². The van der Waals surface area contributed by atoms with Crippen LogP contribution in [-0.4, -0.2) is 31.0 Å². The number of carbonyl (C=O) groups is 1. The predicted molar refractivity (Wildman–Crippen MR) is 66.4 cm³/mol. The van der Waals surface area contributed by atoms with E-state index in [0.717, 1.165) is 4.90 Å². The van der Waals surface area contributed by atoms with Crippen LogP contribution in [0.5, 0.6) is 5.75 Å². The van der Waals surface area contributed by atoms with Gasteiger partial charge in [0.25, 0.3) is 0 Å². The van der Waals surface area contributed by atoms with Gasteiger partial charge in [-0.3, -0.25) is 0 Å². The summed E-state index contributed by atoms with van der Waals surface area (Å²) in [6, 6.07) is 5.32. The summed E-state index contributed by atoms with van der Waals surface area (Å²) in [5.74, 6) is -0.188. The smallest absolute Gasteiger partial charge is 0.339 e. The van der Waals surface area contributed by atoms with Crippen LogP contribution in [0.1, 0.15) is 18.6 Å². The van der Waals surface area contributed by atoms with Crippen molar-refractivity contribution in [2.24, 2.45) is 0 Å². The number of hydrogen-bond donors (Lipinski definition) is 1. The van der Waals surface area contributed by atoms with Gasteiger partial charge in [-0.2, -0.15) is 0 Å². The molecule has 94 valence electrons. The molecule has 17 heavy (non-hydrogen) atoms. The molecule has 1 rings (SSSR count). The fourth-order valence-electron chi connectivity index (χ4n) is 1.40. The number of benzene rings is 1. The van der Waals surface area contributed by atoms with E-state index < -0.39 is 12.1 Å². The minimum Gasteiger partial charge on any atom is -0.496 e. The molecule has 4 nitrogen and oxygen atoms in total. The van der Waals surface area contributed by atoms with Crippen LogP contribution < -0.4 is 4.74 Å². The Morgan fingerprint density at radius 2 is 2.24 bits per heavy atom. The molecule has 0 amide bonds. The van der Waals surface area contributed by atoms with Crippen molar-refractivity contribution >= 4 is 17.7 Å². The molecule has 0 saturated carbocycles. The summed E-state index contributed by atoms with van der Waals surface area (Å²) >= 11 is 1.53. The molecule has 0 fully saturated rings. The van der Waals surface area contributed by atoms with Crippen LogP contribution in [0.4, 0.5) is 0 Å². The SMILES string of the molecule is CCOC(=O)C(O)c1cc(SC)ccc1OC. The lowest BCUT2D eigenvalue weighted by Gasteiger charge is -2.14. The third kappa shape index (κ3) is 3.38. The number of ether oxygens (including phenoxy) is 2. The van der Waals surface area contributed by atoms with Gasteiger partial charge in [0.15, 0.2) is 6.10 Å². The quantitative estimate of drug-likeness (QED) is 0.645. The van der Waals surface area contributed by atoms with Crippen LogP contribution in [0.2, 0.25) is 0 Å². The summed E-state index contributed by atoms with van der Waals surface area (Å²) in [5, 5.41) is 9.89. The Balaban J connectivity index is 3.04. The molecule has 0 spiro atoms. The Morgan fingerprint density at radius 1 is 1.53 bits per heavy atom. The van der Waals surface area contributed by atoms with Crippen molar-refractivity contribution in [1.29, 1.82) is 0 Å². The molecule has 0 aliphatic heterocycles. The Bertz CT molecular complexity index is 392.